The summed E-state index contributed by atoms with van der Waals surface area (Å²) >= 11 is 0. The number of methoxy groups -OCH3 is 1. The summed E-state index contributed by atoms with van der Waals surface area (Å²) in [5.74, 6) is 0.153. The molecule has 3 aliphatic rings. The molecule has 1 spiro atoms. The van der Waals surface area contributed by atoms with E-state index in [1.54, 1.807) is 0 Å². The summed E-state index contributed by atoms with van der Waals surface area (Å²) in [6, 6.07) is 33.6. The zero-order chi connectivity index (χ0) is 30.5. The number of rotatable bonds is 10. The molecule has 0 radical (unpaired) electrons. The quantitative estimate of drug-likeness (QED) is 0.142. The molecule has 232 valence electrons. The molecule has 6 heteroatoms. The van der Waals surface area contributed by atoms with Gasteiger partial charge < -0.3 is 0 Å². The third kappa shape index (κ3) is 5.60. The Bertz CT molecular complexity index is 1280. The van der Waals surface area contributed by atoms with Crippen molar-refractivity contribution in [2.75, 3.05) is 19.9 Å². The average Bonchev–Trinajstić information content (AvgIpc) is 3.92. The average molecular weight is 619 g/mol. The predicted octanol–water partition coefficient (Wildman–Crippen LogP) is 6.84. The fourth-order valence-electron chi connectivity index (χ4n) is 7.79. The van der Waals surface area contributed by atoms with Crippen LogP contribution in [0.15, 0.2) is 91.0 Å². The summed E-state index contributed by atoms with van der Waals surface area (Å²) in [6.07, 6.45) is 4.25. The number of ether oxygens (including phenoxy) is 3. The third-order valence-corrected chi connectivity index (χ3v) is 20.8. The van der Waals surface area contributed by atoms with Crippen molar-refractivity contribution in [3.8, 4) is 0 Å². The van der Waals surface area contributed by atoms with Crippen LogP contribution in [0.4, 0.5) is 0 Å². The summed E-state index contributed by atoms with van der Waals surface area (Å²) in [5.41, 5.74) is -0.443. The Kier molecular flexibility index (Phi) is 8.33. The van der Waals surface area contributed by atoms with E-state index in [4.69, 9.17) is 18.6 Å². The van der Waals surface area contributed by atoms with E-state index in [0.29, 0.717) is 0 Å². The standard InChI is InChI=1S/C37H51O4PSi/c1-35(2,3)43(6,7)41-31-23-25-37(27-39-37)34(33(31)38-5)36(4)32(40-36)24-26-42(28-17-11-8-12-18-28,29-19-13-9-14-20-29)30-21-15-10-16-22-30/h8-22,31-34,42H,23-27H2,1-7H3/t31-,32-,33-,34-,36?,37+/m1/s1. The molecule has 3 fully saturated rings. The van der Waals surface area contributed by atoms with Crippen LogP contribution in [-0.2, 0) is 18.6 Å². The summed E-state index contributed by atoms with van der Waals surface area (Å²) in [6.45, 7) is 14.8. The molecule has 2 heterocycles. The Morgan fingerprint density at radius 1 is 0.860 bits per heavy atom. The molecule has 0 amide bonds. The van der Waals surface area contributed by atoms with Gasteiger partial charge in [-0.3, -0.25) is 0 Å². The van der Waals surface area contributed by atoms with Crippen molar-refractivity contribution < 1.29 is 18.6 Å². The number of hydrogen-bond acceptors (Lipinski definition) is 4. The van der Waals surface area contributed by atoms with E-state index in [2.05, 4.69) is 132 Å². The Morgan fingerprint density at radius 2 is 1.35 bits per heavy atom. The van der Waals surface area contributed by atoms with Crippen LogP contribution >= 0.6 is 7.26 Å². The first-order chi connectivity index (χ1) is 20.5. The Hall–Kier alpha value is -1.85. The zero-order valence-electron chi connectivity index (χ0n) is 27.1. The molecular formula is C37H51O4PSi. The van der Waals surface area contributed by atoms with Crippen LogP contribution < -0.4 is 15.9 Å². The molecule has 1 aliphatic carbocycles. The molecular weight excluding hydrogens is 567 g/mol. The molecule has 3 aromatic rings. The van der Waals surface area contributed by atoms with E-state index >= 15 is 0 Å². The normalized spacial score (nSPS) is 31.1. The fraction of sp³-hybridized carbons (Fsp3) is 0.514. The SMILES string of the molecule is CO[C@H]1[C@H](C2(C)O[C@@H]2CC[PH](c2ccccc2)(c2ccccc2)c2ccccc2)[C@]2(CC[C@H]1O[Si](C)(C)C(C)(C)C)CO2. The van der Waals surface area contributed by atoms with Crippen molar-refractivity contribution in [1.29, 1.82) is 0 Å². The van der Waals surface area contributed by atoms with Gasteiger partial charge in [0.1, 0.15) is 0 Å². The molecule has 2 aliphatic heterocycles. The van der Waals surface area contributed by atoms with Gasteiger partial charge in [0, 0.05) is 0 Å². The second kappa shape index (κ2) is 11.5. The molecule has 43 heavy (non-hydrogen) atoms. The Labute approximate surface area is 261 Å². The number of epoxide rings is 2. The first kappa shape index (κ1) is 31.1. The van der Waals surface area contributed by atoms with Crippen molar-refractivity contribution in [3.05, 3.63) is 91.0 Å². The number of hydrogen-bond donors (Lipinski definition) is 0. The molecule has 0 aromatic heterocycles. The maximum atomic E-state index is 7.05. The Balaban J connectivity index is 1.31. The van der Waals surface area contributed by atoms with Crippen molar-refractivity contribution in [2.45, 2.75) is 94.6 Å². The van der Waals surface area contributed by atoms with Crippen molar-refractivity contribution in [2.24, 2.45) is 5.92 Å². The summed E-state index contributed by atoms with van der Waals surface area (Å²) in [5, 5.41) is 4.50. The molecule has 6 atom stereocenters. The van der Waals surface area contributed by atoms with Crippen molar-refractivity contribution in [1.82, 2.24) is 0 Å². The fourth-order valence-corrected chi connectivity index (χ4v) is 14.0. The van der Waals surface area contributed by atoms with Crippen LogP contribution in [0.2, 0.25) is 18.1 Å². The van der Waals surface area contributed by atoms with Crippen LogP contribution in [0.1, 0.15) is 47.0 Å². The van der Waals surface area contributed by atoms with E-state index in [1.165, 1.54) is 15.9 Å². The molecule has 1 saturated carbocycles. The minimum atomic E-state index is -2.33. The van der Waals surface area contributed by atoms with Crippen LogP contribution in [0.3, 0.4) is 0 Å². The van der Waals surface area contributed by atoms with Gasteiger partial charge in [0.15, 0.2) is 0 Å². The first-order valence-corrected chi connectivity index (χ1v) is 21.3. The Morgan fingerprint density at radius 3 is 1.77 bits per heavy atom. The zero-order valence-corrected chi connectivity index (χ0v) is 29.1. The van der Waals surface area contributed by atoms with Gasteiger partial charge in [0.05, 0.1) is 0 Å². The minimum absolute atomic E-state index is 0.0419. The first-order valence-electron chi connectivity index (χ1n) is 16.2. The van der Waals surface area contributed by atoms with Crippen LogP contribution in [0, 0.1) is 5.92 Å². The monoisotopic (exact) mass is 618 g/mol. The van der Waals surface area contributed by atoms with Crippen molar-refractivity contribution in [3.63, 3.8) is 0 Å². The predicted molar refractivity (Wildman–Crippen MR) is 184 cm³/mol. The van der Waals surface area contributed by atoms with Crippen molar-refractivity contribution >= 4 is 31.5 Å². The van der Waals surface area contributed by atoms with Gasteiger partial charge in [-0.05, 0) is 0 Å². The molecule has 1 unspecified atom stereocenters. The summed E-state index contributed by atoms with van der Waals surface area (Å²) < 4.78 is 26.5. The summed E-state index contributed by atoms with van der Waals surface area (Å²) in [7, 11) is -2.44. The summed E-state index contributed by atoms with van der Waals surface area (Å²) in [4.78, 5) is 0. The second-order valence-corrected chi connectivity index (χ2v) is 23.6. The molecule has 6 rings (SSSR count). The molecule has 0 N–H and O–H groups in total. The number of benzene rings is 3. The van der Waals surface area contributed by atoms with E-state index < -0.39 is 15.6 Å². The molecule has 0 bridgehead atoms. The molecule has 3 aromatic carbocycles. The van der Waals surface area contributed by atoms with Crippen LogP contribution in [-0.4, -0.2) is 57.7 Å². The van der Waals surface area contributed by atoms with E-state index in [0.717, 1.165) is 32.0 Å². The van der Waals surface area contributed by atoms with Gasteiger partial charge in [0.25, 0.3) is 0 Å². The van der Waals surface area contributed by atoms with Crippen LogP contribution in [0.25, 0.3) is 0 Å². The van der Waals surface area contributed by atoms with Gasteiger partial charge in [-0.15, -0.1) is 0 Å². The van der Waals surface area contributed by atoms with Gasteiger partial charge in [-0.2, -0.15) is 0 Å². The third-order valence-electron chi connectivity index (χ3n) is 11.3. The van der Waals surface area contributed by atoms with Gasteiger partial charge in [-0.1, -0.05) is 0 Å². The van der Waals surface area contributed by atoms with E-state index in [1.807, 2.05) is 7.11 Å². The molecule has 4 nitrogen and oxygen atoms in total. The molecule has 2 saturated heterocycles. The van der Waals surface area contributed by atoms with E-state index in [-0.39, 0.29) is 40.5 Å². The van der Waals surface area contributed by atoms with E-state index in [9.17, 15) is 0 Å². The topological polar surface area (TPSA) is 43.5 Å². The van der Waals surface area contributed by atoms with Crippen LogP contribution in [0.5, 0.6) is 0 Å². The van der Waals surface area contributed by atoms with Gasteiger partial charge >= 0.3 is 262 Å². The van der Waals surface area contributed by atoms with Gasteiger partial charge in [0.2, 0.25) is 0 Å². The second-order valence-electron chi connectivity index (χ2n) is 14.8. The van der Waals surface area contributed by atoms with Gasteiger partial charge in [-0.25, -0.2) is 0 Å². The maximum absolute atomic E-state index is 7.05.